The fourth-order valence-electron chi connectivity index (χ4n) is 1.15. The summed E-state index contributed by atoms with van der Waals surface area (Å²) in [4.78, 5) is 0. The molecular formula is C9H13Cl2NO. The average molecular weight is 222 g/mol. The topological polar surface area (TPSA) is 46.2 Å². The van der Waals surface area contributed by atoms with Gasteiger partial charge < -0.3 is 10.8 Å². The Balaban J connectivity index is 0.00000144. The number of hydrogen-bond donors (Lipinski definition) is 2. The van der Waals surface area contributed by atoms with Gasteiger partial charge in [0.15, 0.2) is 0 Å². The first-order chi connectivity index (χ1) is 5.65. The molecule has 3 N–H and O–H groups in total. The lowest BCUT2D eigenvalue weighted by atomic mass is 10.0. The molecule has 1 aromatic carbocycles. The monoisotopic (exact) mass is 221 g/mol. The van der Waals surface area contributed by atoms with Crippen molar-refractivity contribution in [2.75, 3.05) is 6.61 Å². The molecule has 0 unspecified atom stereocenters. The normalized spacial score (nSPS) is 12.0. The number of aliphatic hydroxyl groups excluding tert-OH is 1. The summed E-state index contributed by atoms with van der Waals surface area (Å²) < 4.78 is 0. The van der Waals surface area contributed by atoms with Crippen LogP contribution in [-0.2, 0) is 0 Å². The van der Waals surface area contributed by atoms with E-state index < -0.39 is 0 Å². The van der Waals surface area contributed by atoms with Crippen molar-refractivity contribution in [2.24, 2.45) is 5.73 Å². The summed E-state index contributed by atoms with van der Waals surface area (Å²) in [7, 11) is 0. The molecule has 0 amide bonds. The van der Waals surface area contributed by atoms with Gasteiger partial charge in [-0.1, -0.05) is 17.7 Å². The Morgan fingerprint density at radius 3 is 2.62 bits per heavy atom. The Morgan fingerprint density at radius 1 is 1.54 bits per heavy atom. The molecule has 0 heterocycles. The van der Waals surface area contributed by atoms with Crippen molar-refractivity contribution in [3.8, 4) is 0 Å². The van der Waals surface area contributed by atoms with Crippen molar-refractivity contribution in [3.63, 3.8) is 0 Å². The molecule has 13 heavy (non-hydrogen) atoms. The first-order valence-electron chi connectivity index (χ1n) is 3.77. The maximum absolute atomic E-state index is 8.82. The molecule has 0 aliphatic carbocycles. The molecule has 0 saturated heterocycles. The van der Waals surface area contributed by atoms with Gasteiger partial charge in [-0.2, -0.15) is 0 Å². The average Bonchev–Trinajstić information content (AvgIpc) is 2.03. The lowest BCUT2D eigenvalue weighted by Crippen LogP contribution is -2.15. The number of halogens is 2. The quantitative estimate of drug-likeness (QED) is 0.804. The summed E-state index contributed by atoms with van der Waals surface area (Å²) in [6.45, 7) is 1.89. The summed E-state index contributed by atoms with van der Waals surface area (Å²) in [6.07, 6.45) is 0. The Kier molecular flexibility index (Phi) is 5.33. The van der Waals surface area contributed by atoms with E-state index in [0.29, 0.717) is 5.02 Å². The summed E-state index contributed by atoms with van der Waals surface area (Å²) in [5.41, 5.74) is 7.62. The van der Waals surface area contributed by atoms with Crippen molar-refractivity contribution in [3.05, 3.63) is 34.3 Å². The van der Waals surface area contributed by atoms with E-state index in [2.05, 4.69) is 0 Å². The highest BCUT2D eigenvalue weighted by Gasteiger charge is 2.06. The smallest absolute Gasteiger partial charge is 0.0624 e. The van der Waals surface area contributed by atoms with E-state index in [9.17, 15) is 0 Å². The molecule has 1 rings (SSSR count). The highest BCUT2D eigenvalue weighted by atomic mass is 35.5. The van der Waals surface area contributed by atoms with E-state index >= 15 is 0 Å². The van der Waals surface area contributed by atoms with Gasteiger partial charge in [-0.25, -0.2) is 0 Å². The molecule has 0 bridgehead atoms. The maximum Gasteiger partial charge on any atom is 0.0624 e. The highest BCUT2D eigenvalue weighted by Crippen LogP contribution is 2.19. The second kappa shape index (κ2) is 5.45. The summed E-state index contributed by atoms with van der Waals surface area (Å²) in [6, 6.07) is 5.16. The van der Waals surface area contributed by atoms with Crippen molar-refractivity contribution in [1.29, 1.82) is 0 Å². The summed E-state index contributed by atoms with van der Waals surface area (Å²) in [5, 5.41) is 9.52. The van der Waals surface area contributed by atoms with Gasteiger partial charge >= 0.3 is 0 Å². The molecule has 0 radical (unpaired) electrons. The van der Waals surface area contributed by atoms with Crippen molar-refractivity contribution < 1.29 is 5.11 Å². The molecule has 1 atom stereocenters. The van der Waals surface area contributed by atoms with Crippen LogP contribution < -0.4 is 5.73 Å². The number of aryl methyl sites for hydroxylation is 1. The molecule has 0 saturated carbocycles. The molecule has 0 aliphatic heterocycles. The van der Waals surface area contributed by atoms with Gasteiger partial charge in [0.2, 0.25) is 0 Å². The summed E-state index contributed by atoms with van der Waals surface area (Å²) in [5.74, 6) is 0. The SMILES string of the molecule is Cc1cc(Cl)ccc1[C@H](N)CO.Cl. The van der Waals surface area contributed by atoms with Crippen molar-refractivity contribution >= 4 is 24.0 Å². The van der Waals surface area contributed by atoms with Crippen LogP contribution in [0.15, 0.2) is 18.2 Å². The molecule has 0 fully saturated rings. The predicted molar refractivity (Wildman–Crippen MR) is 57.5 cm³/mol. The van der Waals surface area contributed by atoms with E-state index in [4.69, 9.17) is 22.4 Å². The first-order valence-corrected chi connectivity index (χ1v) is 4.15. The lowest BCUT2D eigenvalue weighted by Gasteiger charge is -2.11. The minimum atomic E-state index is -0.303. The zero-order valence-corrected chi connectivity index (χ0v) is 8.90. The van der Waals surface area contributed by atoms with Crippen LogP contribution in [0.5, 0.6) is 0 Å². The fourth-order valence-corrected chi connectivity index (χ4v) is 1.38. The first kappa shape index (κ1) is 12.7. The minimum Gasteiger partial charge on any atom is -0.394 e. The van der Waals surface area contributed by atoms with Crippen LogP contribution in [0.2, 0.25) is 5.02 Å². The third-order valence-corrected chi connectivity index (χ3v) is 2.06. The summed E-state index contributed by atoms with van der Waals surface area (Å²) >= 11 is 5.76. The molecular weight excluding hydrogens is 209 g/mol. The molecule has 1 aromatic rings. The fraction of sp³-hybridized carbons (Fsp3) is 0.333. The molecule has 4 heteroatoms. The number of benzene rings is 1. The lowest BCUT2D eigenvalue weighted by molar-refractivity contribution is 0.267. The van der Waals surface area contributed by atoms with E-state index in [0.717, 1.165) is 11.1 Å². The van der Waals surface area contributed by atoms with Crippen LogP contribution >= 0.6 is 24.0 Å². The molecule has 0 aromatic heterocycles. The van der Waals surface area contributed by atoms with Gasteiger partial charge in [-0.15, -0.1) is 12.4 Å². The second-order valence-electron chi connectivity index (χ2n) is 2.79. The third-order valence-electron chi connectivity index (χ3n) is 1.83. The van der Waals surface area contributed by atoms with E-state index in [1.807, 2.05) is 19.1 Å². The zero-order chi connectivity index (χ0) is 9.14. The number of hydrogen-bond acceptors (Lipinski definition) is 2. The standard InChI is InChI=1S/C9H12ClNO.ClH/c1-6-4-7(10)2-3-8(6)9(11)5-12;/h2-4,9,12H,5,11H2,1H3;1H/t9-;/m1./s1. The van der Waals surface area contributed by atoms with Gasteiger partial charge in [0.25, 0.3) is 0 Å². The van der Waals surface area contributed by atoms with Crippen LogP contribution in [0.25, 0.3) is 0 Å². The molecule has 0 aliphatic rings. The largest absolute Gasteiger partial charge is 0.394 e. The minimum absolute atomic E-state index is 0. The molecule has 2 nitrogen and oxygen atoms in total. The number of rotatable bonds is 2. The van der Waals surface area contributed by atoms with E-state index in [1.165, 1.54) is 0 Å². The Hall–Kier alpha value is -0.280. The van der Waals surface area contributed by atoms with Crippen LogP contribution in [0.1, 0.15) is 17.2 Å². The van der Waals surface area contributed by atoms with Gasteiger partial charge in [0, 0.05) is 5.02 Å². The maximum atomic E-state index is 8.82. The van der Waals surface area contributed by atoms with Crippen LogP contribution in [0, 0.1) is 6.92 Å². The van der Waals surface area contributed by atoms with Crippen LogP contribution in [0.3, 0.4) is 0 Å². The second-order valence-corrected chi connectivity index (χ2v) is 3.23. The number of nitrogens with two attached hydrogens (primary N) is 1. The Labute approximate surface area is 89.1 Å². The van der Waals surface area contributed by atoms with E-state index in [1.54, 1.807) is 6.07 Å². The van der Waals surface area contributed by atoms with Crippen molar-refractivity contribution in [2.45, 2.75) is 13.0 Å². The van der Waals surface area contributed by atoms with Crippen LogP contribution in [0.4, 0.5) is 0 Å². The molecule has 74 valence electrons. The zero-order valence-electron chi connectivity index (χ0n) is 7.33. The molecule has 0 spiro atoms. The Morgan fingerprint density at radius 2 is 2.15 bits per heavy atom. The third kappa shape index (κ3) is 3.16. The predicted octanol–water partition coefficient (Wildman–Crippen LogP) is 2.06. The van der Waals surface area contributed by atoms with Gasteiger partial charge in [0.05, 0.1) is 12.6 Å². The Bertz CT molecular complexity index is 278. The van der Waals surface area contributed by atoms with Gasteiger partial charge in [-0.3, -0.25) is 0 Å². The van der Waals surface area contributed by atoms with Gasteiger partial charge in [-0.05, 0) is 30.2 Å². The van der Waals surface area contributed by atoms with E-state index in [-0.39, 0.29) is 25.1 Å². The van der Waals surface area contributed by atoms with Crippen LogP contribution in [-0.4, -0.2) is 11.7 Å². The highest BCUT2D eigenvalue weighted by molar-refractivity contribution is 6.30. The van der Waals surface area contributed by atoms with Crippen molar-refractivity contribution in [1.82, 2.24) is 0 Å². The van der Waals surface area contributed by atoms with Gasteiger partial charge in [0.1, 0.15) is 0 Å². The number of aliphatic hydroxyl groups is 1.